The normalized spacial score (nSPS) is 12.4. The maximum absolute atomic E-state index is 2.56. The molecule has 0 heterocycles. The average molecular weight is 1630 g/mol. The first-order valence-electron chi connectivity index (χ1n) is 44.3. The highest BCUT2D eigenvalue weighted by molar-refractivity contribution is 6.00. The Labute approximate surface area is 749 Å². The molecule has 612 valence electrons. The molecule has 0 unspecified atom stereocenters. The Morgan fingerprint density at radius 2 is 0.457 bits per heavy atom. The number of rotatable bonds is 20. The fourth-order valence-electron chi connectivity index (χ4n) is 18.9. The van der Waals surface area contributed by atoms with Crippen LogP contribution in [0.2, 0.25) is 0 Å². The number of hydrogen-bond acceptors (Lipinski definition) is 4. The van der Waals surface area contributed by atoms with Gasteiger partial charge in [-0.1, -0.05) is 350 Å². The van der Waals surface area contributed by atoms with Crippen molar-refractivity contribution in [1.29, 1.82) is 0 Å². The minimum atomic E-state index is -0.701. The third kappa shape index (κ3) is 15.7. The SMILES string of the molecule is Cc1ccc(N(c2ccc(C=C(c3ccccc3)c3ccccc3)cc2)c2ccc(-c3ccc(N(c4ccc(C)cc4)c4ccc(/C=C(/c5ccccc5)c5cccc(-c6cccc(N(c7ccccc7)c7ccc8c(c7)C7(c9cc(N(c%10ccccc%10)c%10ccccc%10)ccc9-8)c8cc(C(C)(C)C)ccc8-c8ccc(C(C)(C)C)cc87)c6)c5)cc4)cc3)cc2)cc1. The van der Waals surface area contributed by atoms with Crippen molar-refractivity contribution in [3.8, 4) is 44.5 Å². The summed E-state index contributed by atoms with van der Waals surface area (Å²) in [4.78, 5) is 9.60. The van der Waals surface area contributed by atoms with Crippen molar-refractivity contribution in [1.82, 2.24) is 0 Å². The molecule has 18 aromatic carbocycles. The lowest BCUT2D eigenvalue weighted by Gasteiger charge is -2.34. The molecule has 0 amide bonds. The molecular weight excluding hydrogens is 1530 g/mol. The lowest BCUT2D eigenvalue weighted by Crippen LogP contribution is -2.28. The van der Waals surface area contributed by atoms with E-state index in [1.807, 2.05) is 0 Å². The maximum atomic E-state index is 2.56. The van der Waals surface area contributed by atoms with E-state index in [0.29, 0.717) is 0 Å². The first kappa shape index (κ1) is 80.1. The molecule has 0 atom stereocenters. The van der Waals surface area contributed by atoms with Gasteiger partial charge in [0.05, 0.1) is 5.41 Å². The first-order chi connectivity index (χ1) is 62.0. The number of fused-ring (bicyclic) bond motifs is 10. The molecule has 0 fully saturated rings. The molecule has 4 nitrogen and oxygen atoms in total. The summed E-state index contributed by atoms with van der Waals surface area (Å²) >= 11 is 0. The van der Waals surface area contributed by atoms with Gasteiger partial charge in [0, 0.05) is 68.2 Å². The van der Waals surface area contributed by atoms with E-state index in [1.165, 1.54) is 83.5 Å². The molecule has 20 rings (SSSR count). The minimum Gasteiger partial charge on any atom is -0.311 e. The fraction of sp³-hybridized carbons (Fsp3) is 0.0894. The van der Waals surface area contributed by atoms with Gasteiger partial charge < -0.3 is 19.6 Å². The molecule has 0 bridgehead atoms. The highest BCUT2D eigenvalue weighted by Gasteiger charge is 2.53. The lowest BCUT2D eigenvalue weighted by molar-refractivity contribution is 0.586. The summed E-state index contributed by atoms with van der Waals surface area (Å²) in [5, 5.41) is 0. The van der Waals surface area contributed by atoms with Crippen LogP contribution in [-0.2, 0) is 16.2 Å². The Hall–Kier alpha value is -15.4. The Balaban J connectivity index is 0.625. The van der Waals surface area contributed by atoms with E-state index in [-0.39, 0.29) is 10.8 Å². The van der Waals surface area contributed by atoms with Crippen LogP contribution in [0.5, 0.6) is 0 Å². The van der Waals surface area contributed by atoms with E-state index in [0.717, 1.165) is 118 Å². The second-order valence-corrected chi connectivity index (χ2v) is 35.9. The zero-order chi connectivity index (χ0) is 86.3. The van der Waals surface area contributed by atoms with Crippen molar-refractivity contribution in [2.75, 3.05) is 19.6 Å². The van der Waals surface area contributed by atoms with Crippen LogP contribution in [0.3, 0.4) is 0 Å². The average Bonchev–Trinajstić information content (AvgIpc) is 1.50. The molecule has 0 N–H and O–H groups in total. The number of benzene rings is 18. The Morgan fingerprint density at radius 1 is 0.205 bits per heavy atom. The van der Waals surface area contributed by atoms with Gasteiger partial charge in [0.15, 0.2) is 0 Å². The molecule has 0 saturated heterocycles. The summed E-state index contributed by atoms with van der Waals surface area (Å²) in [6.07, 6.45) is 4.64. The molecule has 0 aromatic heterocycles. The predicted octanol–water partition coefficient (Wildman–Crippen LogP) is 33.6. The van der Waals surface area contributed by atoms with Gasteiger partial charge in [-0.05, 0) is 311 Å². The van der Waals surface area contributed by atoms with E-state index >= 15 is 0 Å². The van der Waals surface area contributed by atoms with Gasteiger partial charge in [-0.25, -0.2) is 0 Å². The topological polar surface area (TPSA) is 13.0 Å². The van der Waals surface area contributed by atoms with E-state index in [4.69, 9.17) is 0 Å². The Morgan fingerprint density at radius 3 is 0.819 bits per heavy atom. The summed E-state index contributed by atoms with van der Waals surface area (Å²) < 4.78 is 0. The second kappa shape index (κ2) is 33.7. The number of anilines is 12. The van der Waals surface area contributed by atoms with E-state index in [1.54, 1.807) is 0 Å². The molecular formula is C123H100N4. The van der Waals surface area contributed by atoms with E-state index in [2.05, 4.69) is 536 Å². The highest BCUT2D eigenvalue weighted by atomic mass is 15.2. The van der Waals surface area contributed by atoms with Crippen LogP contribution in [0.15, 0.2) is 449 Å². The molecule has 4 heteroatoms. The maximum Gasteiger partial charge on any atom is 0.0727 e. The largest absolute Gasteiger partial charge is 0.311 e. The van der Waals surface area contributed by atoms with Crippen LogP contribution in [0.4, 0.5) is 68.2 Å². The van der Waals surface area contributed by atoms with E-state index < -0.39 is 5.41 Å². The van der Waals surface area contributed by atoms with Gasteiger partial charge in [0.2, 0.25) is 0 Å². The summed E-state index contributed by atoms with van der Waals surface area (Å²) in [5.41, 5.74) is 41.1. The van der Waals surface area contributed by atoms with Gasteiger partial charge in [-0.2, -0.15) is 0 Å². The third-order valence-corrected chi connectivity index (χ3v) is 25.5. The number of nitrogens with zero attached hydrogens (tertiary/aromatic N) is 4. The van der Waals surface area contributed by atoms with Crippen LogP contribution in [0, 0.1) is 13.8 Å². The molecule has 127 heavy (non-hydrogen) atoms. The third-order valence-electron chi connectivity index (χ3n) is 25.5. The standard InChI is InChI=1S/C123H100N4/c1-85-45-59-102(60-46-85)124(104-63-49-87(50-64-104)77-115(91-29-15-9-16-30-91)92-31-17-10-18-32-92)106-67-53-89(54-68-106)90-55-69-107(70-56-90)125(103-61-47-86(2)48-62-103)105-65-51-88(52-66-105)78-116(93-33-19-11-20-34-93)96-37-27-35-94(79-96)95-36-28-44-108(80-95)127(101-42-25-14-26-43-101)110-72-76-114-113-75-71-109(126(99-38-21-12-22-39-99)100-40-23-13-24-41-100)83-119(113)123(120(114)84-110)117-81-97(121(3,4)5)57-73-111(117)112-74-58-98(82-118(112)123)122(6,7)8/h9-84H,1-8H3/b116-78-. The summed E-state index contributed by atoms with van der Waals surface area (Å²) in [5.74, 6) is 0. The Kier molecular flexibility index (Phi) is 21.3. The van der Waals surface area contributed by atoms with Crippen LogP contribution in [0.25, 0.3) is 67.8 Å². The highest BCUT2D eigenvalue weighted by Crippen LogP contribution is 2.65. The van der Waals surface area contributed by atoms with Crippen LogP contribution >= 0.6 is 0 Å². The molecule has 0 saturated carbocycles. The van der Waals surface area contributed by atoms with Gasteiger partial charge in [0.1, 0.15) is 0 Å². The van der Waals surface area contributed by atoms with Crippen molar-refractivity contribution in [3.05, 3.63) is 527 Å². The number of aryl methyl sites for hydroxylation is 2. The van der Waals surface area contributed by atoms with Crippen molar-refractivity contribution < 1.29 is 0 Å². The van der Waals surface area contributed by atoms with Crippen molar-refractivity contribution >= 4 is 91.5 Å². The quantitative estimate of drug-likeness (QED) is 0.0705. The van der Waals surface area contributed by atoms with Crippen molar-refractivity contribution in [3.63, 3.8) is 0 Å². The smallest absolute Gasteiger partial charge is 0.0727 e. The van der Waals surface area contributed by atoms with Gasteiger partial charge >= 0.3 is 0 Å². The number of hydrogen-bond donors (Lipinski definition) is 0. The van der Waals surface area contributed by atoms with Gasteiger partial charge in [0.25, 0.3) is 0 Å². The molecule has 0 radical (unpaired) electrons. The monoisotopic (exact) mass is 1630 g/mol. The summed E-state index contributed by atoms with van der Waals surface area (Å²) in [6.45, 7) is 18.4. The first-order valence-corrected chi connectivity index (χ1v) is 44.3. The van der Waals surface area contributed by atoms with Gasteiger partial charge in [-0.15, -0.1) is 0 Å². The molecule has 1 spiro atoms. The van der Waals surface area contributed by atoms with Crippen molar-refractivity contribution in [2.45, 2.75) is 71.6 Å². The molecule has 0 aliphatic heterocycles. The van der Waals surface area contributed by atoms with E-state index in [9.17, 15) is 0 Å². The zero-order valence-corrected chi connectivity index (χ0v) is 73.2. The molecule has 18 aromatic rings. The lowest BCUT2D eigenvalue weighted by atomic mass is 9.68. The molecule has 2 aliphatic rings. The summed E-state index contributed by atoms with van der Waals surface area (Å²) in [7, 11) is 0. The molecule has 2 aliphatic carbocycles. The minimum absolute atomic E-state index is 0.114. The van der Waals surface area contributed by atoms with Crippen molar-refractivity contribution in [2.24, 2.45) is 0 Å². The summed E-state index contributed by atoms with van der Waals surface area (Å²) in [6, 6.07) is 166. The zero-order valence-electron chi connectivity index (χ0n) is 73.2. The van der Waals surface area contributed by atoms with Crippen LogP contribution in [0.1, 0.15) is 119 Å². The number of para-hydroxylation sites is 3. The van der Waals surface area contributed by atoms with Crippen LogP contribution in [-0.4, -0.2) is 0 Å². The van der Waals surface area contributed by atoms with Gasteiger partial charge in [-0.3, -0.25) is 0 Å². The van der Waals surface area contributed by atoms with Crippen LogP contribution < -0.4 is 19.6 Å². The predicted molar refractivity (Wildman–Crippen MR) is 539 cm³/mol. The fourth-order valence-corrected chi connectivity index (χ4v) is 18.9. The second-order valence-electron chi connectivity index (χ2n) is 35.9. The Bertz CT molecular complexity index is 6930.